The van der Waals surface area contributed by atoms with E-state index in [1.165, 1.54) is 25.2 Å². The first-order valence-corrected chi connectivity index (χ1v) is 6.58. The van der Waals surface area contributed by atoms with Crippen LogP contribution in [0.1, 0.15) is 30.3 Å². The lowest BCUT2D eigenvalue weighted by molar-refractivity contribution is 0.0942. The molecule has 5 nitrogen and oxygen atoms in total. The van der Waals surface area contributed by atoms with Gasteiger partial charge in [0.1, 0.15) is 10.8 Å². The summed E-state index contributed by atoms with van der Waals surface area (Å²) in [5.41, 5.74) is 0.300. The van der Waals surface area contributed by atoms with Gasteiger partial charge >= 0.3 is 0 Å². The third-order valence-corrected chi connectivity index (χ3v) is 3.20. The number of amides is 1. The number of hydrogen-bond donors (Lipinski definition) is 1. The molecule has 1 saturated carbocycles. The Bertz CT molecular complexity index is 405. The third kappa shape index (κ3) is 3.65. The minimum atomic E-state index is -0.203. The number of halogens is 1. The summed E-state index contributed by atoms with van der Waals surface area (Å²) in [4.78, 5) is 21.9. The molecule has 0 saturated heterocycles. The van der Waals surface area contributed by atoms with Crippen molar-refractivity contribution < 1.29 is 4.79 Å². The van der Waals surface area contributed by atoms with Gasteiger partial charge in [-0.05, 0) is 19.4 Å². The van der Waals surface area contributed by atoms with E-state index in [1.54, 1.807) is 0 Å². The van der Waals surface area contributed by atoms with Gasteiger partial charge in [0.05, 0.1) is 12.4 Å². The van der Waals surface area contributed by atoms with Crippen molar-refractivity contribution in [2.75, 3.05) is 19.6 Å². The maximum Gasteiger partial charge on any atom is 0.271 e. The Labute approximate surface area is 112 Å². The van der Waals surface area contributed by atoms with Crippen LogP contribution in [0.2, 0.25) is 5.15 Å². The maximum absolute atomic E-state index is 11.7. The fourth-order valence-corrected chi connectivity index (χ4v) is 1.97. The molecule has 1 aliphatic carbocycles. The van der Waals surface area contributed by atoms with Crippen molar-refractivity contribution in [3.8, 4) is 0 Å². The second kappa shape index (κ2) is 6.11. The molecule has 98 valence electrons. The number of aromatic nitrogens is 2. The molecule has 1 amide bonds. The maximum atomic E-state index is 11.7. The highest BCUT2D eigenvalue weighted by atomic mass is 35.5. The normalized spacial score (nSPS) is 14.8. The zero-order chi connectivity index (χ0) is 13.0. The Balaban J connectivity index is 1.75. The van der Waals surface area contributed by atoms with E-state index in [2.05, 4.69) is 27.1 Å². The molecule has 1 fully saturated rings. The quantitative estimate of drug-likeness (QED) is 0.846. The van der Waals surface area contributed by atoms with E-state index < -0.39 is 0 Å². The average Bonchev–Trinajstić information content (AvgIpc) is 3.19. The van der Waals surface area contributed by atoms with Gasteiger partial charge in [-0.25, -0.2) is 9.97 Å². The second-order valence-corrected chi connectivity index (χ2v) is 4.73. The van der Waals surface area contributed by atoms with Crippen molar-refractivity contribution >= 4 is 17.5 Å². The number of likely N-dealkylation sites (N-methyl/N-ethyl adjacent to an activating group) is 1. The van der Waals surface area contributed by atoms with Crippen LogP contribution in [0.15, 0.2) is 12.4 Å². The highest BCUT2D eigenvalue weighted by Crippen LogP contribution is 2.25. The molecular weight excluding hydrogens is 252 g/mol. The minimum absolute atomic E-state index is 0.203. The first-order chi connectivity index (χ1) is 8.70. The van der Waals surface area contributed by atoms with E-state index in [9.17, 15) is 4.79 Å². The molecule has 1 aliphatic rings. The van der Waals surface area contributed by atoms with E-state index in [0.29, 0.717) is 12.2 Å². The molecule has 1 N–H and O–H groups in total. The lowest BCUT2D eigenvalue weighted by Crippen LogP contribution is -2.36. The monoisotopic (exact) mass is 268 g/mol. The Morgan fingerprint density at radius 1 is 1.50 bits per heavy atom. The molecule has 0 atom stereocenters. The van der Waals surface area contributed by atoms with Crippen LogP contribution in [0.5, 0.6) is 0 Å². The van der Waals surface area contributed by atoms with Gasteiger partial charge in [0.2, 0.25) is 0 Å². The smallest absolute Gasteiger partial charge is 0.271 e. The summed E-state index contributed by atoms with van der Waals surface area (Å²) in [7, 11) is 0. The van der Waals surface area contributed by atoms with Crippen LogP contribution >= 0.6 is 11.6 Å². The molecule has 1 aromatic rings. The van der Waals surface area contributed by atoms with Gasteiger partial charge in [-0.3, -0.25) is 9.69 Å². The lowest BCUT2D eigenvalue weighted by Gasteiger charge is -2.19. The van der Waals surface area contributed by atoms with Crippen LogP contribution < -0.4 is 5.32 Å². The van der Waals surface area contributed by atoms with Crippen molar-refractivity contribution in [3.05, 3.63) is 23.2 Å². The van der Waals surface area contributed by atoms with Crippen molar-refractivity contribution in [3.63, 3.8) is 0 Å². The molecule has 0 aliphatic heterocycles. The minimum Gasteiger partial charge on any atom is -0.349 e. The number of carbonyl (C=O) groups excluding carboxylic acids is 1. The molecule has 1 heterocycles. The molecule has 6 heteroatoms. The summed E-state index contributed by atoms with van der Waals surface area (Å²) in [6.07, 6.45) is 5.32. The molecule has 0 radical (unpaired) electrons. The molecule has 2 rings (SSSR count). The zero-order valence-electron chi connectivity index (χ0n) is 10.4. The van der Waals surface area contributed by atoms with Crippen molar-refractivity contribution in [1.82, 2.24) is 20.2 Å². The summed E-state index contributed by atoms with van der Waals surface area (Å²) in [5.74, 6) is -0.203. The summed E-state index contributed by atoms with van der Waals surface area (Å²) in [6, 6.07) is 0.724. The van der Waals surface area contributed by atoms with Crippen LogP contribution in [0.3, 0.4) is 0 Å². The molecular formula is C12H17ClN4O. The number of hydrogen-bond acceptors (Lipinski definition) is 4. The SMILES string of the molecule is CCN(CCNC(=O)c1cnc(Cl)cn1)C1CC1. The molecule has 1 aromatic heterocycles. The van der Waals surface area contributed by atoms with E-state index in [-0.39, 0.29) is 11.1 Å². The summed E-state index contributed by atoms with van der Waals surface area (Å²) in [6.45, 7) is 4.69. The average molecular weight is 269 g/mol. The third-order valence-electron chi connectivity index (χ3n) is 3.01. The first kappa shape index (κ1) is 13.2. The molecule has 0 spiro atoms. The Morgan fingerprint density at radius 3 is 2.83 bits per heavy atom. The van der Waals surface area contributed by atoms with E-state index >= 15 is 0 Å². The largest absolute Gasteiger partial charge is 0.349 e. The van der Waals surface area contributed by atoms with E-state index in [4.69, 9.17) is 11.6 Å². The predicted molar refractivity (Wildman–Crippen MR) is 69.6 cm³/mol. The van der Waals surface area contributed by atoms with Crippen LogP contribution in [-0.2, 0) is 0 Å². The Morgan fingerprint density at radius 2 is 2.28 bits per heavy atom. The summed E-state index contributed by atoms with van der Waals surface area (Å²) < 4.78 is 0. The Kier molecular flexibility index (Phi) is 4.49. The van der Waals surface area contributed by atoms with Crippen LogP contribution in [0.25, 0.3) is 0 Å². The lowest BCUT2D eigenvalue weighted by atomic mass is 10.4. The predicted octanol–water partition coefficient (Wildman–Crippen LogP) is 1.34. The molecule has 0 bridgehead atoms. The first-order valence-electron chi connectivity index (χ1n) is 6.20. The van der Waals surface area contributed by atoms with Gasteiger partial charge < -0.3 is 5.32 Å². The highest BCUT2D eigenvalue weighted by Gasteiger charge is 2.27. The van der Waals surface area contributed by atoms with E-state index in [1.807, 2.05) is 0 Å². The van der Waals surface area contributed by atoms with Gasteiger partial charge in [-0.2, -0.15) is 0 Å². The number of nitrogens with zero attached hydrogens (tertiary/aromatic N) is 3. The van der Waals surface area contributed by atoms with Crippen molar-refractivity contribution in [2.45, 2.75) is 25.8 Å². The number of nitrogens with one attached hydrogen (secondary N) is 1. The molecule has 0 aromatic carbocycles. The fraction of sp³-hybridized carbons (Fsp3) is 0.583. The van der Waals surface area contributed by atoms with Crippen molar-refractivity contribution in [2.24, 2.45) is 0 Å². The van der Waals surface area contributed by atoms with E-state index in [0.717, 1.165) is 19.1 Å². The standard InChI is InChI=1S/C12H17ClN4O/c1-2-17(9-3-4-9)6-5-14-12(18)10-7-16-11(13)8-15-10/h7-9H,2-6H2,1H3,(H,14,18). The van der Waals surface area contributed by atoms with Crippen LogP contribution in [0, 0.1) is 0 Å². The topological polar surface area (TPSA) is 58.1 Å². The van der Waals surface area contributed by atoms with Crippen molar-refractivity contribution in [1.29, 1.82) is 0 Å². The molecule has 0 unspecified atom stereocenters. The highest BCUT2D eigenvalue weighted by molar-refractivity contribution is 6.29. The number of carbonyl (C=O) groups is 1. The van der Waals surface area contributed by atoms with Gasteiger partial charge in [0.25, 0.3) is 5.91 Å². The molecule has 18 heavy (non-hydrogen) atoms. The van der Waals surface area contributed by atoms with Gasteiger partial charge in [0, 0.05) is 19.1 Å². The Hall–Kier alpha value is -1.20. The van der Waals surface area contributed by atoms with Gasteiger partial charge in [-0.1, -0.05) is 18.5 Å². The second-order valence-electron chi connectivity index (χ2n) is 4.34. The van der Waals surface area contributed by atoms with Crippen LogP contribution in [-0.4, -0.2) is 46.5 Å². The fourth-order valence-electron chi connectivity index (χ4n) is 1.87. The van der Waals surface area contributed by atoms with Gasteiger partial charge in [0.15, 0.2) is 0 Å². The summed E-state index contributed by atoms with van der Waals surface area (Å²) in [5, 5.41) is 3.13. The number of rotatable bonds is 6. The van der Waals surface area contributed by atoms with Gasteiger partial charge in [-0.15, -0.1) is 0 Å². The summed E-state index contributed by atoms with van der Waals surface area (Å²) >= 11 is 5.61. The van der Waals surface area contributed by atoms with Crippen LogP contribution in [0.4, 0.5) is 0 Å². The zero-order valence-corrected chi connectivity index (χ0v) is 11.2.